The number of hydrogen-bond donors (Lipinski definition) is 1. The molecule has 1 N–H and O–H groups in total. The number of aryl methyl sites for hydroxylation is 1. The Balaban J connectivity index is 2.05. The first-order valence-corrected chi connectivity index (χ1v) is 6.00. The fraction of sp³-hybridized carbons (Fsp3) is 0.286. The van der Waals surface area contributed by atoms with Crippen LogP contribution in [0.1, 0.15) is 50.3 Å². The lowest BCUT2D eigenvalue weighted by molar-refractivity contribution is 0.0690. The van der Waals surface area contributed by atoms with Gasteiger partial charge in [0.15, 0.2) is 5.78 Å². The van der Waals surface area contributed by atoms with Gasteiger partial charge in [-0.1, -0.05) is 0 Å². The second-order valence-electron chi connectivity index (χ2n) is 4.68. The second-order valence-corrected chi connectivity index (χ2v) is 4.68. The van der Waals surface area contributed by atoms with Crippen LogP contribution in [0.2, 0.25) is 0 Å². The zero-order valence-corrected chi connectivity index (χ0v) is 10.3. The molecule has 0 aromatic carbocycles. The molecule has 3 rings (SSSR count). The zero-order chi connectivity index (χ0) is 13.6. The fourth-order valence-corrected chi connectivity index (χ4v) is 2.65. The van der Waals surface area contributed by atoms with Crippen LogP contribution in [0.5, 0.6) is 0 Å². The van der Waals surface area contributed by atoms with Gasteiger partial charge in [0, 0.05) is 18.8 Å². The number of carboxylic acids is 1. The predicted octanol–water partition coefficient (Wildman–Crippen LogP) is 2.79. The first kappa shape index (κ1) is 11.8. The van der Waals surface area contributed by atoms with Crippen molar-refractivity contribution in [3.05, 3.63) is 46.8 Å². The Hall–Kier alpha value is -2.30. The molecule has 1 aliphatic rings. The van der Waals surface area contributed by atoms with E-state index in [-0.39, 0.29) is 35.0 Å². The van der Waals surface area contributed by atoms with Gasteiger partial charge in [0.05, 0.1) is 11.8 Å². The molecular weight excluding hydrogens is 248 g/mol. The maximum absolute atomic E-state index is 12.2. The maximum atomic E-state index is 12.2. The molecule has 1 atom stereocenters. The van der Waals surface area contributed by atoms with Gasteiger partial charge in [0.25, 0.3) is 0 Å². The van der Waals surface area contributed by atoms with Crippen molar-refractivity contribution in [2.45, 2.75) is 25.7 Å². The van der Waals surface area contributed by atoms with Crippen molar-refractivity contribution in [2.24, 2.45) is 0 Å². The van der Waals surface area contributed by atoms with Crippen LogP contribution in [0.25, 0.3) is 0 Å². The van der Waals surface area contributed by atoms with E-state index in [1.807, 2.05) is 6.07 Å². The molecular formula is C14H12O5. The molecule has 98 valence electrons. The molecule has 5 heteroatoms. The minimum atomic E-state index is -1.12. The maximum Gasteiger partial charge on any atom is 0.340 e. The van der Waals surface area contributed by atoms with Gasteiger partial charge >= 0.3 is 5.97 Å². The lowest BCUT2D eigenvalue weighted by Crippen LogP contribution is -2.19. The fourth-order valence-electron chi connectivity index (χ4n) is 2.65. The summed E-state index contributed by atoms with van der Waals surface area (Å²) in [6.45, 7) is 1.57. The summed E-state index contributed by atoms with van der Waals surface area (Å²) in [6.07, 6.45) is 2.30. The van der Waals surface area contributed by atoms with E-state index in [1.165, 1.54) is 0 Å². The van der Waals surface area contributed by atoms with Gasteiger partial charge in [-0.2, -0.15) is 0 Å². The molecule has 0 saturated heterocycles. The minimum absolute atomic E-state index is 0.00195. The van der Waals surface area contributed by atoms with Crippen LogP contribution >= 0.6 is 0 Å². The summed E-state index contributed by atoms with van der Waals surface area (Å²) in [7, 11) is 0. The standard InChI is InChI=1S/C14H12O5/c1-7-12(14(16)17)13-9(15)5-8(6-11(13)19-7)10-3-2-4-18-10/h2-4,8H,5-6H2,1H3,(H,16,17)/t8-/m0/s1. The Bertz CT molecular complexity index is 648. The molecule has 0 saturated carbocycles. The summed E-state index contributed by atoms with van der Waals surface area (Å²) < 4.78 is 10.8. The van der Waals surface area contributed by atoms with E-state index in [2.05, 4.69) is 0 Å². The Morgan fingerprint density at radius 2 is 2.21 bits per heavy atom. The van der Waals surface area contributed by atoms with Gasteiger partial charge < -0.3 is 13.9 Å². The largest absolute Gasteiger partial charge is 0.478 e. The average molecular weight is 260 g/mol. The Kier molecular flexibility index (Phi) is 2.55. The van der Waals surface area contributed by atoms with Crippen molar-refractivity contribution in [2.75, 3.05) is 0 Å². The smallest absolute Gasteiger partial charge is 0.340 e. The molecule has 0 amide bonds. The molecule has 5 nitrogen and oxygen atoms in total. The van der Waals surface area contributed by atoms with Gasteiger partial charge in [-0.3, -0.25) is 4.79 Å². The molecule has 19 heavy (non-hydrogen) atoms. The van der Waals surface area contributed by atoms with Crippen molar-refractivity contribution in [3.8, 4) is 0 Å². The van der Waals surface area contributed by atoms with Crippen molar-refractivity contribution >= 4 is 11.8 Å². The predicted molar refractivity (Wildman–Crippen MR) is 64.5 cm³/mol. The lowest BCUT2D eigenvalue weighted by atomic mass is 9.84. The number of ketones is 1. The van der Waals surface area contributed by atoms with E-state index in [9.17, 15) is 9.59 Å². The number of Topliss-reactive ketones (excluding diaryl/α,β-unsaturated/α-hetero) is 1. The molecule has 2 aromatic heterocycles. The highest BCUT2D eigenvalue weighted by Gasteiger charge is 2.35. The molecule has 0 unspecified atom stereocenters. The van der Waals surface area contributed by atoms with Crippen LogP contribution in [0.4, 0.5) is 0 Å². The monoisotopic (exact) mass is 260 g/mol. The van der Waals surface area contributed by atoms with Crippen molar-refractivity contribution in [3.63, 3.8) is 0 Å². The summed E-state index contributed by atoms with van der Waals surface area (Å²) in [5.74, 6) is 0.0646. The molecule has 2 heterocycles. The number of carboxylic acid groups (broad SMARTS) is 1. The Morgan fingerprint density at radius 3 is 2.84 bits per heavy atom. The van der Waals surface area contributed by atoms with Crippen LogP contribution in [0, 0.1) is 6.92 Å². The quantitative estimate of drug-likeness (QED) is 0.897. The minimum Gasteiger partial charge on any atom is -0.478 e. The van der Waals surface area contributed by atoms with Crippen molar-refractivity contribution in [1.29, 1.82) is 0 Å². The molecule has 0 bridgehead atoms. The van der Waals surface area contributed by atoms with Crippen molar-refractivity contribution in [1.82, 2.24) is 0 Å². The van der Waals surface area contributed by atoms with Crippen LogP contribution in [0.3, 0.4) is 0 Å². The van der Waals surface area contributed by atoms with E-state index in [4.69, 9.17) is 13.9 Å². The third-order valence-corrected chi connectivity index (χ3v) is 3.46. The third-order valence-electron chi connectivity index (χ3n) is 3.46. The number of hydrogen-bond acceptors (Lipinski definition) is 4. The number of aromatic carboxylic acids is 1. The summed E-state index contributed by atoms with van der Waals surface area (Å²) in [4.78, 5) is 23.3. The zero-order valence-electron chi connectivity index (χ0n) is 10.3. The van der Waals surface area contributed by atoms with E-state index in [0.717, 1.165) is 5.76 Å². The molecule has 1 aliphatic carbocycles. The van der Waals surface area contributed by atoms with Gasteiger partial charge in [-0.25, -0.2) is 4.79 Å². The second kappa shape index (κ2) is 4.12. The summed E-state index contributed by atoms with van der Waals surface area (Å²) in [5, 5.41) is 9.15. The van der Waals surface area contributed by atoms with Crippen LogP contribution in [0.15, 0.2) is 27.2 Å². The number of fused-ring (bicyclic) bond motifs is 1. The van der Waals surface area contributed by atoms with Gasteiger partial charge in [0.2, 0.25) is 0 Å². The van der Waals surface area contributed by atoms with Crippen molar-refractivity contribution < 1.29 is 23.5 Å². The average Bonchev–Trinajstić information content (AvgIpc) is 2.94. The highest BCUT2D eigenvalue weighted by Crippen LogP contribution is 2.36. The highest BCUT2D eigenvalue weighted by atomic mass is 16.4. The summed E-state index contributed by atoms with van der Waals surface area (Å²) in [5.41, 5.74) is 0.228. The Labute approximate surface area is 108 Å². The summed E-state index contributed by atoms with van der Waals surface area (Å²) in [6, 6.07) is 3.59. The normalized spacial score (nSPS) is 18.4. The number of furan rings is 2. The number of carbonyl (C=O) groups is 2. The van der Waals surface area contributed by atoms with Crippen LogP contribution < -0.4 is 0 Å². The van der Waals surface area contributed by atoms with Crippen LogP contribution in [-0.2, 0) is 6.42 Å². The first-order valence-electron chi connectivity index (χ1n) is 6.00. The number of rotatable bonds is 2. The van der Waals surface area contributed by atoms with Gasteiger partial charge in [-0.05, 0) is 19.1 Å². The van der Waals surface area contributed by atoms with E-state index in [0.29, 0.717) is 12.2 Å². The lowest BCUT2D eigenvalue weighted by Gasteiger charge is -2.18. The molecule has 0 fully saturated rings. The molecule has 2 aromatic rings. The molecule has 0 aliphatic heterocycles. The third kappa shape index (κ3) is 1.78. The first-order chi connectivity index (χ1) is 9.08. The van der Waals surface area contributed by atoms with Gasteiger partial charge in [0.1, 0.15) is 22.8 Å². The molecule has 0 radical (unpaired) electrons. The van der Waals surface area contributed by atoms with Gasteiger partial charge in [-0.15, -0.1) is 0 Å². The van der Waals surface area contributed by atoms with E-state index in [1.54, 1.807) is 19.3 Å². The Morgan fingerprint density at radius 1 is 1.42 bits per heavy atom. The van der Waals surface area contributed by atoms with Crippen LogP contribution in [-0.4, -0.2) is 16.9 Å². The van der Waals surface area contributed by atoms with E-state index < -0.39 is 5.97 Å². The number of carbonyl (C=O) groups excluding carboxylic acids is 1. The van der Waals surface area contributed by atoms with E-state index >= 15 is 0 Å². The topological polar surface area (TPSA) is 80.6 Å². The molecule has 0 spiro atoms. The highest BCUT2D eigenvalue weighted by molar-refractivity contribution is 6.08. The SMILES string of the molecule is Cc1oc2c(c1C(=O)O)C(=O)C[C@H](c1ccco1)C2. The summed E-state index contributed by atoms with van der Waals surface area (Å²) >= 11 is 0.